The Morgan fingerprint density at radius 1 is 1.06 bits per heavy atom. The largest absolute Gasteiger partial charge is 0.493 e. The number of amides is 1. The van der Waals surface area contributed by atoms with Gasteiger partial charge in [0.2, 0.25) is 0 Å². The summed E-state index contributed by atoms with van der Waals surface area (Å²) in [6, 6.07) is 23.1. The highest BCUT2D eigenvalue weighted by Gasteiger charge is 2.34. The smallest absolute Gasteiger partial charge is 0.271 e. The molecule has 34 heavy (non-hydrogen) atoms. The number of aliphatic imine (C=N–C) groups is 1. The molecular weight excluding hydrogens is 444 g/mol. The van der Waals surface area contributed by atoms with Crippen LogP contribution in [0, 0.1) is 0 Å². The number of amidine groups is 1. The molecule has 0 unspecified atom stereocenters. The van der Waals surface area contributed by atoms with Crippen molar-refractivity contribution in [1.82, 2.24) is 0 Å². The van der Waals surface area contributed by atoms with Crippen LogP contribution in [0.15, 0.2) is 95.3 Å². The summed E-state index contributed by atoms with van der Waals surface area (Å²) in [5.74, 6) is 1.21. The number of anilines is 1. The molecule has 0 atom stereocenters. The molecule has 0 spiro atoms. The third-order valence-corrected chi connectivity index (χ3v) is 6.10. The predicted molar refractivity (Wildman–Crippen MR) is 141 cm³/mol. The number of ether oxygens (including phenoxy) is 2. The summed E-state index contributed by atoms with van der Waals surface area (Å²) in [5.41, 5.74) is 3.37. The van der Waals surface area contributed by atoms with Gasteiger partial charge in [0.15, 0.2) is 16.7 Å². The molecule has 1 aliphatic heterocycles. The molecule has 0 radical (unpaired) electrons. The van der Waals surface area contributed by atoms with E-state index < -0.39 is 0 Å². The number of hydrogen-bond acceptors (Lipinski definition) is 5. The second-order valence-electron chi connectivity index (χ2n) is 7.45. The Hall–Kier alpha value is -3.77. The topological polar surface area (TPSA) is 51.1 Å². The van der Waals surface area contributed by atoms with Gasteiger partial charge in [0.1, 0.15) is 0 Å². The normalized spacial score (nSPS) is 15.7. The molecule has 1 heterocycles. The van der Waals surface area contributed by atoms with Crippen molar-refractivity contribution in [3.8, 4) is 11.5 Å². The first kappa shape index (κ1) is 23.4. The third kappa shape index (κ3) is 5.07. The quantitative estimate of drug-likeness (QED) is 0.274. The molecular formula is C28H26N2O3S. The average molecular weight is 471 g/mol. The fourth-order valence-electron chi connectivity index (χ4n) is 3.65. The van der Waals surface area contributed by atoms with Crippen LogP contribution < -0.4 is 14.4 Å². The van der Waals surface area contributed by atoms with Crippen LogP contribution in [0.1, 0.15) is 18.1 Å². The van der Waals surface area contributed by atoms with Gasteiger partial charge < -0.3 is 9.47 Å². The monoisotopic (exact) mass is 470 g/mol. The minimum atomic E-state index is -0.121. The van der Waals surface area contributed by atoms with Crippen LogP contribution >= 0.6 is 11.8 Å². The highest BCUT2D eigenvalue weighted by atomic mass is 32.2. The van der Waals surface area contributed by atoms with E-state index in [1.807, 2.05) is 91.9 Å². The lowest BCUT2D eigenvalue weighted by Gasteiger charge is -2.15. The Balaban J connectivity index is 1.78. The van der Waals surface area contributed by atoms with Crippen molar-refractivity contribution in [3.05, 3.63) is 101 Å². The van der Waals surface area contributed by atoms with Crippen molar-refractivity contribution in [1.29, 1.82) is 0 Å². The molecule has 0 aromatic heterocycles. The van der Waals surface area contributed by atoms with Gasteiger partial charge in [-0.2, -0.15) is 0 Å². The van der Waals surface area contributed by atoms with Crippen LogP contribution in [0.3, 0.4) is 0 Å². The lowest BCUT2D eigenvalue weighted by atomic mass is 10.0. The maximum atomic E-state index is 13.5. The van der Waals surface area contributed by atoms with Crippen molar-refractivity contribution < 1.29 is 14.3 Å². The predicted octanol–water partition coefficient (Wildman–Crippen LogP) is 6.63. The summed E-state index contributed by atoms with van der Waals surface area (Å²) in [7, 11) is 1.61. The van der Waals surface area contributed by atoms with Gasteiger partial charge in [-0.3, -0.25) is 9.69 Å². The Morgan fingerprint density at radius 2 is 1.76 bits per heavy atom. The third-order valence-electron chi connectivity index (χ3n) is 5.13. The van der Waals surface area contributed by atoms with Crippen molar-refractivity contribution in [2.75, 3.05) is 18.6 Å². The molecule has 0 bridgehead atoms. The Morgan fingerprint density at radius 3 is 2.41 bits per heavy atom. The van der Waals surface area contributed by atoms with Crippen molar-refractivity contribution in [2.24, 2.45) is 4.99 Å². The van der Waals surface area contributed by atoms with Crippen molar-refractivity contribution >= 4 is 40.3 Å². The summed E-state index contributed by atoms with van der Waals surface area (Å²) in [6.45, 7) is 6.32. The summed E-state index contributed by atoms with van der Waals surface area (Å²) in [6.07, 6.45) is 4.33. The zero-order valence-corrected chi connectivity index (χ0v) is 20.0. The number of rotatable bonds is 8. The highest BCUT2D eigenvalue weighted by Crippen LogP contribution is 2.39. The fourth-order valence-corrected chi connectivity index (χ4v) is 4.65. The van der Waals surface area contributed by atoms with Gasteiger partial charge >= 0.3 is 0 Å². The van der Waals surface area contributed by atoms with Gasteiger partial charge in [-0.1, -0.05) is 42.5 Å². The van der Waals surface area contributed by atoms with Crippen molar-refractivity contribution in [3.63, 3.8) is 0 Å². The van der Waals surface area contributed by atoms with E-state index in [9.17, 15) is 4.79 Å². The fraction of sp³-hybridized carbons (Fsp3) is 0.143. The summed E-state index contributed by atoms with van der Waals surface area (Å²) in [4.78, 5) is 20.5. The lowest BCUT2D eigenvalue weighted by Crippen LogP contribution is -2.28. The number of carbonyl (C=O) groups excluding carboxylic acids is 1. The maximum absolute atomic E-state index is 13.5. The first-order valence-corrected chi connectivity index (χ1v) is 11.8. The molecule has 1 saturated heterocycles. The van der Waals surface area contributed by atoms with Gasteiger partial charge in [-0.25, -0.2) is 4.99 Å². The van der Waals surface area contributed by atoms with E-state index in [0.29, 0.717) is 34.6 Å². The average Bonchev–Trinajstić information content (AvgIpc) is 3.16. The van der Waals surface area contributed by atoms with E-state index in [1.54, 1.807) is 12.0 Å². The Labute approximate surface area is 204 Å². The van der Waals surface area contributed by atoms with E-state index in [0.717, 1.165) is 22.5 Å². The summed E-state index contributed by atoms with van der Waals surface area (Å²) in [5, 5.41) is 0.609. The van der Waals surface area contributed by atoms with Crippen LogP contribution in [0.4, 0.5) is 11.4 Å². The van der Waals surface area contributed by atoms with E-state index >= 15 is 0 Å². The molecule has 5 nitrogen and oxygen atoms in total. The maximum Gasteiger partial charge on any atom is 0.271 e. The van der Waals surface area contributed by atoms with E-state index in [2.05, 4.69) is 6.58 Å². The Bertz CT molecular complexity index is 1240. The van der Waals surface area contributed by atoms with Crippen LogP contribution in [0.2, 0.25) is 0 Å². The van der Waals surface area contributed by atoms with Crippen LogP contribution in [0.5, 0.6) is 11.5 Å². The second kappa shape index (κ2) is 10.9. The molecule has 3 aromatic carbocycles. The molecule has 1 aliphatic rings. The summed E-state index contributed by atoms with van der Waals surface area (Å²) >= 11 is 1.35. The van der Waals surface area contributed by atoms with Gasteiger partial charge in [0, 0.05) is 5.56 Å². The number of allylic oxidation sites excluding steroid dienone is 1. The number of methoxy groups -OCH3 is 1. The molecule has 0 aliphatic carbocycles. The van der Waals surface area contributed by atoms with Gasteiger partial charge in [-0.05, 0) is 73.1 Å². The number of para-hydroxylation sites is 2. The number of thioether (sulfide) groups is 1. The summed E-state index contributed by atoms with van der Waals surface area (Å²) < 4.78 is 11.4. The molecule has 172 valence electrons. The van der Waals surface area contributed by atoms with Crippen LogP contribution in [-0.2, 0) is 11.2 Å². The van der Waals surface area contributed by atoms with Crippen molar-refractivity contribution in [2.45, 2.75) is 13.3 Å². The standard InChI is InChI=1S/C28H26N2O3S/c1-4-12-21-17-20(18-24(32-3)26(21)33-5-2)19-25-27(31)30(23-15-10-7-11-16-23)28(34-25)29-22-13-8-6-9-14-22/h4,6-11,13-19H,1,5,12H2,2-3H3/b25-19+,29-28?. The molecule has 0 saturated carbocycles. The number of benzene rings is 3. The minimum absolute atomic E-state index is 0.121. The number of carbonyl (C=O) groups is 1. The molecule has 3 aromatic rings. The zero-order chi connectivity index (χ0) is 23.9. The van der Waals surface area contributed by atoms with E-state index in [1.165, 1.54) is 11.8 Å². The van der Waals surface area contributed by atoms with E-state index in [-0.39, 0.29) is 5.91 Å². The van der Waals surface area contributed by atoms with Crippen LogP contribution in [-0.4, -0.2) is 24.8 Å². The van der Waals surface area contributed by atoms with Gasteiger partial charge in [-0.15, -0.1) is 6.58 Å². The first-order valence-electron chi connectivity index (χ1n) is 11.0. The van der Waals surface area contributed by atoms with E-state index in [4.69, 9.17) is 14.5 Å². The molecule has 0 N–H and O–H groups in total. The zero-order valence-electron chi connectivity index (χ0n) is 19.2. The molecule has 1 fully saturated rings. The first-order chi connectivity index (χ1) is 16.6. The minimum Gasteiger partial charge on any atom is -0.493 e. The highest BCUT2D eigenvalue weighted by molar-refractivity contribution is 8.19. The second-order valence-corrected chi connectivity index (χ2v) is 8.46. The van der Waals surface area contributed by atoms with Gasteiger partial charge in [0.05, 0.1) is 30.0 Å². The molecule has 6 heteroatoms. The molecule has 4 rings (SSSR count). The molecule has 1 amide bonds. The number of hydrogen-bond donors (Lipinski definition) is 0. The number of nitrogens with zero attached hydrogens (tertiary/aromatic N) is 2. The lowest BCUT2D eigenvalue weighted by molar-refractivity contribution is -0.113. The SMILES string of the molecule is C=CCc1cc(/C=C2/SC(=Nc3ccccc3)N(c3ccccc3)C2=O)cc(OC)c1OCC. The van der Waals surface area contributed by atoms with Gasteiger partial charge in [0.25, 0.3) is 5.91 Å². The van der Waals surface area contributed by atoms with Crippen LogP contribution in [0.25, 0.3) is 6.08 Å². The Kier molecular flexibility index (Phi) is 7.50.